The Balaban J connectivity index is 1.54. The zero-order valence-electron chi connectivity index (χ0n) is 16.9. The number of hydrogen-bond acceptors (Lipinski definition) is 5. The van der Waals surface area contributed by atoms with Gasteiger partial charge < -0.3 is 4.74 Å². The van der Waals surface area contributed by atoms with E-state index in [0.29, 0.717) is 16.6 Å². The minimum absolute atomic E-state index is 0.169. The van der Waals surface area contributed by atoms with Crippen molar-refractivity contribution in [3.05, 3.63) is 71.3 Å². The SMILES string of the molecule is Cc1ccc(C(=O)C(C)OC(=O)CN2c3cccc4cccc(c34)S2(=O)=O)cc1C. The number of ether oxygens (including phenoxy) is 1. The highest BCUT2D eigenvalue weighted by atomic mass is 32.2. The quantitative estimate of drug-likeness (QED) is 0.461. The Kier molecular flexibility index (Phi) is 4.86. The van der Waals surface area contributed by atoms with Crippen molar-refractivity contribution < 1.29 is 22.7 Å². The first-order valence-electron chi connectivity index (χ1n) is 9.55. The van der Waals surface area contributed by atoms with Gasteiger partial charge in [-0.25, -0.2) is 8.42 Å². The first-order valence-corrected chi connectivity index (χ1v) is 11.0. The van der Waals surface area contributed by atoms with Crippen molar-refractivity contribution in [2.24, 2.45) is 0 Å². The summed E-state index contributed by atoms with van der Waals surface area (Å²) in [6.45, 7) is 4.84. The number of rotatable bonds is 5. The predicted molar refractivity (Wildman–Crippen MR) is 114 cm³/mol. The summed E-state index contributed by atoms with van der Waals surface area (Å²) in [5.74, 6) is -1.12. The Labute approximate surface area is 175 Å². The average molecular weight is 423 g/mol. The van der Waals surface area contributed by atoms with Gasteiger partial charge in [-0.3, -0.25) is 13.9 Å². The molecule has 1 atom stereocenters. The summed E-state index contributed by atoms with van der Waals surface area (Å²) in [7, 11) is -3.86. The summed E-state index contributed by atoms with van der Waals surface area (Å²) >= 11 is 0. The number of nitrogens with zero attached hydrogens (tertiary/aromatic N) is 1. The minimum Gasteiger partial charge on any atom is -0.453 e. The van der Waals surface area contributed by atoms with Crippen LogP contribution in [0.2, 0.25) is 0 Å². The third-order valence-electron chi connectivity index (χ3n) is 5.42. The van der Waals surface area contributed by atoms with E-state index < -0.39 is 28.6 Å². The molecule has 154 valence electrons. The molecule has 7 heteroatoms. The number of benzene rings is 3. The van der Waals surface area contributed by atoms with Gasteiger partial charge in [-0.15, -0.1) is 0 Å². The van der Waals surface area contributed by atoms with E-state index >= 15 is 0 Å². The third kappa shape index (κ3) is 3.25. The van der Waals surface area contributed by atoms with Gasteiger partial charge in [0.1, 0.15) is 6.54 Å². The maximum Gasteiger partial charge on any atom is 0.327 e. The van der Waals surface area contributed by atoms with E-state index in [9.17, 15) is 18.0 Å². The number of aryl methyl sites for hydroxylation is 2. The normalized spacial score (nSPS) is 15.2. The van der Waals surface area contributed by atoms with Gasteiger partial charge >= 0.3 is 5.97 Å². The van der Waals surface area contributed by atoms with E-state index in [1.54, 1.807) is 30.3 Å². The lowest BCUT2D eigenvalue weighted by Crippen LogP contribution is -2.36. The fraction of sp³-hybridized carbons (Fsp3) is 0.217. The summed E-state index contributed by atoms with van der Waals surface area (Å²) in [4.78, 5) is 25.3. The Morgan fingerprint density at radius 2 is 1.70 bits per heavy atom. The molecule has 0 aromatic heterocycles. The standard InChI is InChI=1S/C23H21NO5S/c1-14-10-11-18(12-15(14)2)23(26)16(3)29-21(25)13-24-19-8-4-6-17-7-5-9-20(22(17)19)30(24,27)28/h4-12,16H,13H2,1-3H3. The average Bonchev–Trinajstić information content (AvgIpc) is 2.93. The molecule has 1 aliphatic rings. The highest BCUT2D eigenvalue weighted by Gasteiger charge is 2.37. The maximum absolute atomic E-state index is 13.0. The number of Topliss-reactive ketones (excluding diaryl/α,β-unsaturated/α-hetero) is 1. The zero-order chi connectivity index (χ0) is 21.6. The molecule has 0 N–H and O–H groups in total. The van der Waals surface area contributed by atoms with Crippen molar-refractivity contribution in [3.63, 3.8) is 0 Å². The van der Waals surface area contributed by atoms with Gasteiger partial charge in [-0.1, -0.05) is 36.4 Å². The van der Waals surface area contributed by atoms with Crippen LogP contribution in [0.4, 0.5) is 5.69 Å². The van der Waals surface area contributed by atoms with Crippen LogP contribution in [0.3, 0.4) is 0 Å². The summed E-state index contributed by atoms with van der Waals surface area (Å²) in [6.07, 6.45) is -1.02. The summed E-state index contributed by atoms with van der Waals surface area (Å²) < 4.78 is 32.3. The number of carbonyl (C=O) groups excluding carboxylic acids is 2. The molecule has 3 aromatic carbocycles. The first-order chi connectivity index (χ1) is 14.2. The number of sulfonamides is 1. The van der Waals surface area contributed by atoms with Crippen LogP contribution in [0.15, 0.2) is 59.5 Å². The fourth-order valence-electron chi connectivity index (χ4n) is 3.66. The van der Waals surface area contributed by atoms with E-state index in [-0.39, 0.29) is 10.7 Å². The lowest BCUT2D eigenvalue weighted by atomic mass is 10.0. The molecule has 1 aliphatic heterocycles. The van der Waals surface area contributed by atoms with Crippen molar-refractivity contribution >= 4 is 38.2 Å². The summed E-state index contributed by atoms with van der Waals surface area (Å²) in [5, 5.41) is 1.37. The van der Waals surface area contributed by atoms with Gasteiger partial charge in [0.15, 0.2) is 6.10 Å². The highest BCUT2D eigenvalue weighted by Crippen LogP contribution is 2.41. The molecule has 30 heavy (non-hydrogen) atoms. The van der Waals surface area contributed by atoms with Gasteiger partial charge in [-0.2, -0.15) is 0 Å². The Morgan fingerprint density at radius 3 is 2.40 bits per heavy atom. The smallest absolute Gasteiger partial charge is 0.327 e. The lowest BCUT2D eigenvalue weighted by Gasteiger charge is -2.19. The molecule has 0 saturated heterocycles. The Morgan fingerprint density at radius 1 is 1.00 bits per heavy atom. The molecule has 6 nitrogen and oxygen atoms in total. The van der Waals surface area contributed by atoms with Crippen LogP contribution < -0.4 is 4.31 Å². The van der Waals surface area contributed by atoms with Crippen LogP contribution in [0.5, 0.6) is 0 Å². The van der Waals surface area contributed by atoms with Crippen LogP contribution in [0, 0.1) is 13.8 Å². The second-order valence-electron chi connectivity index (χ2n) is 7.44. The molecule has 0 saturated carbocycles. The number of carbonyl (C=O) groups is 2. The molecular weight excluding hydrogens is 402 g/mol. The van der Waals surface area contributed by atoms with Crippen LogP contribution in [0.25, 0.3) is 10.8 Å². The predicted octanol–water partition coefficient (Wildman–Crippen LogP) is 3.78. The van der Waals surface area contributed by atoms with Crippen LogP contribution >= 0.6 is 0 Å². The number of esters is 1. The molecule has 4 rings (SSSR count). The topological polar surface area (TPSA) is 80.8 Å². The van der Waals surface area contributed by atoms with Crippen LogP contribution in [-0.2, 0) is 19.6 Å². The van der Waals surface area contributed by atoms with E-state index in [1.165, 1.54) is 13.0 Å². The second kappa shape index (κ2) is 7.25. The lowest BCUT2D eigenvalue weighted by molar-refractivity contribution is -0.144. The Hall–Kier alpha value is -3.19. The maximum atomic E-state index is 13.0. The summed E-state index contributed by atoms with van der Waals surface area (Å²) in [6, 6.07) is 15.5. The largest absolute Gasteiger partial charge is 0.453 e. The molecule has 0 amide bonds. The van der Waals surface area contributed by atoms with E-state index in [2.05, 4.69) is 0 Å². The molecule has 0 bridgehead atoms. The fourth-order valence-corrected chi connectivity index (χ4v) is 5.32. The van der Waals surface area contributed by atoms with Crippen LogP contribution in [-0.4, -0.2) is 32.8 Å². The molecule has 1 unspecified atom stereocenters. The van der Waals surface area contributed by atoms with Crippen molar-refractivity contribution in [3.8, 4) is 0 Å². The van der Waals surface area contributed by atoms with Gasteiger partial charge in [0, 0.05) is 10.9 Å². The van der Waals surface area contributed by atoms with Crippen molar-refractivity contribution in [2.45, 2.75) is 31.8 Å². The molecule has 1 heterocycles. The van der Waals surface area contributed by atoms with Gasteiger partial charge in [0.2, 0.25) is 5.78 Å². The minimum atomic E-state index is -3.86. The molecule has 0 aliphatic carbocycles. The van der Waals surface area contributed by atoms with Crippen LogP contribution in [0.1, 0.15) is 28.4 Å². The number of ketones is 1. The van der Waals surface area contributed by atoms with E-state index in [1.807, 2.05) is 32.0 Å². The molecule has 3 aromatic rings. The first kappa shape index (κ1) is 20.1. The van der Waals surface area contributed by atoms with Crippen molar-refractivity contribution in [1.29, 1.82) is 0 Å². The third-order valence-corrected chi connectivity index (χ3v) is 7.22. The van der Waals surface area contributed by atoms with E-state index in [4.69, 9.17) is 4.74 Å². The molecule has 0 radical (unpaired) electrons. The van der Waals surface area contributed by atoms with Gasteiger partial charge in [-0.05, 0) is 55.5 Å². The monoisotopic (exact) mass is 423 g/mol. The van der Waals surface area contributed by atoms with E-state index in [0.717, 1.165) is 20.8 Å². The number of anilines is 1. The van der Waals surface area contributed by atoms with Crippen molar-refractivity contribution in [1.82, 2.24) is 0 Å². The van der Waals surface area contributed by atoms with Crippen molar-refractivity contribution in [2.75, 3.05) is 10.8 Å². The van der Waals surface area contributed by atoms with Gasteiger partial charge in [0.25, 0.3) is 10.0 Å². The van der Waals surface area contributed by atoms with Gasteiger partial charge in [0.05, 0.1) is 10.6 Å². The molecule has 0 fully saturated rings. The highest BCUT2D eigenvalue weighted by molar-refractivity contribution is 7.93. The molecular formula is C23H21NO5S. The zero-order valence-corrected chi connectivity index (χ0v) is 17.7. The molecule has 0 spiro atoms. The Bertz CT molecular complexity index is 1290. The number of hydrogen-bond donors (Lipinski definition) is 0. The second-order valence-corrected chi connectivity index (χ2v) is 9.27. The summed E-state index contributed by atoms with van der Waals surface area (Å²) in [5.41, 5.74) is 2.91.